The highest BCUT2D eigenvalue weighted by atomic mass is 35.5. The number of nitrogens with two attached hydrogens (primary N) is 4. The fourth-order valence-corrected chi connectivity index (χ4v) is 12.1. The van der Waals surface area contributed by atoms with Crippen LogP contribution >= 0.6 is 33.2 Å². The molecule has 6 rings (SSSR count). The molecule has 18 N–H and O–H groups in total. The Bertz CT molecular complexity index is 2820. The summed E-state index contributed by atoms with van der Waals surface area (Å²) in [4.78, 5) is 129. The number of aromatic amines is 1. The van der Waals surface area contributed by atoms with Gasteiger partial charge in [0.2, 0.25) is 47.3 Å². The lowest BCUT2D eigenvalue weighted by molar-refractivity contribution is -0.136. The molecule has 2 heterocycles. The van der Waals surface area contributed by atoms with Crippen LogP contribution in [0.5, 0.6) is 0 Å². The Kier molecular flexibility index (Phi) is 24.5. The summed E-state index contributed by atoms with van der Waals surface area (Å²) in [7, 11) is 2.03. The number of para-hydroxylation sites is 1. The number of nitrogens with one attached hydrogen (secondary N) is 9. The second-order valence-corrected chi connectivity index (χ2v) is 23.5. The molecule has 9 atom stereocenters. The van der Waals surface area contributed by atoms with E-state index in [1.54, 1.807) is 48.7 Å². The van der Waals surface area contributed by atoms with Crippen LogP contribution in [0.3, 0.4) is 0 Å². The SMILES string of the molecule is C[C@@H](O)[C@@H]1NC(=O)[C@H](CCCCN)NC(=O)[C@@H](Cc2c[nH]c3ccccc23)NC(=O)[C@H](Cc2ccc(NC(N)=O)cc2)NC(=O)[C@H](NC(=O)[C@H](N)Cc2ccc(Cl)cc2)CSSC[C@@H](C(=O)N[C@@H](CC2CCCCC2)C(N)=O)NC1=O. The number of carbonyl (C=O) groups excluding carboxylic acids is 9. The minimum Gasteiger partial charge on any atom is -0.391 e. The molecule has 23 nitrogen and oxygen atoms in total. The Hall–Kier alpha value is -6.90. The van der Waals surface area contributed by atoms with Gasteiger partial charge in [0, 0.05) is 52.2 Å². The van der Waals surface area contributed by atoms with E-state index < -0.39 is 108 Å². The number of aliphatic hydroxyl groups excluding tert-OH is 1. The number of fused-ring (bicyclic) bond motifs is 1. The second kappa shape index (κ2) is 31.3. The highest BCUT2D eigenvalue weighted by Gasteiger charge is 2.37. The van der Waals surface area contributed by atoms with Gasteiger partial charge in [0.05, 0.1) is 12.1 Å². The molecule has 26 heteroatoms. The number of aliphatic hydroxyl groups is 1. The van der Waals surface area contributed by atoms with Crippen molar-refractivity contribution in [2.45, 2.75) is 138 Å². The van der Waals surface area contributed by atoms with Gasteiger partial charge in [0.15, 0.2) is 0 Å². The molecule has 2 fully saturated rings. The topological polar surface area (TPSA) is 390 Å². The average Bonchev–Trinajstić information content (AvgIpc) is 3.90. The van der Waals surface area contributed by atoms with Crippen LogP contribution in [0.2, 0.25) is 5.02 Å². The minimum absolute atomic E-state index is 0.000814. The summed E-state index contributed by atoms with van der Waals surface area (Å²) in [6.07, 6.45) is 5.52. The van der Waals surface area contributed by atoms with E-state index in [1.165, 1.54) is 19.1 Å². The van der Waals surface area contributed by atoms with Gasteiger partial charge in [-0.2, -0.15) is 0 Å². The number of hydrogen-bond acceptors (Lipinski definition) is 14. The highest BCUT2D eigenvalue weighted by molar-refractivity contribution is 8.76. The molecule has 438 valence electrons. The number of carbonyl (C=O) groups is 9. The zero-order valence-electron chi connectivity index (χ0n) is 45.0. The average molecular weight is 1180 g/mol. The fourth-order valence-electron chi connectivity index (χ4n) is 9.66. The van der Waals surface area contributed by atoms with Crippen molar-refractivity contribution in [3.63, 3.8) is 0 Å². The van der Waals surface area contributed by atoms with E-state index in [4.69, 9.17) is 34.5 Å². The third kappa shape index (κ3) is 19.7. The second-order valence-electron chi connectivity index (χ2n) is 20.5. The maximum Gasteiger partial charge on any atom is 0.316 e. The molecule has 2 aliphatic rings. The van der Waals surface area contributed by atoms with Crippen molar-refractivity contribution in [1.29, 1.82) is 0 Å². The summed E-state index contributed by atoms with van der Waals surface area (Å²) in [5.41, 5.74) is 26.3. The smallest absolute Gasteiger partial charge is 0.316 e. The van der Waals surface area contributed by atoms with Crippen molar-refractivity contribution in [2.75, 3.05) is 23.4 Å². The molecular formula is C55H74ClN13O10S2. The molecule has 3 aromatic carbocycles. The first kappa shape index (κ1) is 63.3. The van der Waals surface area contributed by atoms with Gasteiger partial charge in [0.1, 0.15) is 42.3 Å². The Morgan fingerprint density at radius 3 is 2.04 bits per heavy atom. The van der Waals surface area contributed by atoms with Crippen molar-refractivity contribution >= 4 is 103 Å². The van der Waals surface area contributed by atoms with Gasteiger partial charge in [-0.3, -0.25) is 38.4 Å². The van der Waals surface area contributed by atoms with Gasteiger partial charge in [-0.1, -0.05) is 108 Å². The zero-order valence-corrected chi connectivity index (χ0v) is 47.4. The molecule has 1 aliphatic carbocycles. The van der Waals surface area contributed by atoms with E-state index in [-0.39, 0.29) is 56.1 Å². The van der Waals surface area contributed by atoms with Crippen LogP contribution in [0, 0.1) is 5.92 Å². The van der Waals surface area contributed by atoms with Crippen molar-refractivity contribution in [1.82, 2.24) is 42.2 Å². The van der Waals surface area contributed by atoms with Gasteiger partial charge in [-0.15, -0.1) is 0 Å². The summed E-state index contributed by atoms with van der Waals surface area (Å²) >= 11 is 6.10. The number of benzene rings is 3. The third-order valence-corrected chi connectivity index (χ3v) is 16.8. The number of amides is 10. The van der Waals surface area contributed by atoms with E-state index in [1.807, 2.05) is 18.2 Å². The van der Waals surface area contributed by atoms with Crippen LogP contribution in [-0.2, 0) is 57.6 Å². The van der Waals surface area contributed by atoms with E-state index in [9.17, 15) is 48.3 Å². The summed E-state index contributed by atoms with van der Waals surface area (Å²) in [5, 5.41) is 33.8. The highest BCUT2D eigenvalue weighted by Crippen LogP contribution is 2.28. The number of unbranched alkanes of at least 4 members (excludes halogenated alkanes) is 1. The molecule has 0 radical (unpaired) electrons. The number of rotatable bonds is 19. The summed E-state index contributed by atoms with van der Waals surface area (Å²) in [5.74, 6) is -7.02. The minimum atomic E-state index is -1.69. The maximum absolute atomic E-state index is 15.0. The van der Waals surface area contributed by atoms with Gasteiger partial charge in [-0.25, -0.2) is 4.79 Å². The van der Waals surface area contributed by atoms with E-state index in [0.717, 1.165) is 64.6 Å². The molecule has 1 saturated heterocycles. The molecule has 1 aliphatic heterocycles. The van der Waals surface area contributed by atoms with Crippen molar-refractivity contribution in [2.24, 2.45) is 28.9 Å². The Morgan fingerprint density at radius 2 is 1.37 bits per heavy atom. The normalized spacial score (nSPS) is 22.3. The molecule has 0 bridgehead atoms. The quantitative estimate of drug-likeness (QED) is 0.0467. The van der Waals surface area contributed by atoms with Gasteiger partial charge < -0.3 is 75.6 Å². The number of primary amides is 2. The third-order valence-electron chi connectivity index (χ3n) is 14.1. The summed E-state index contributed by atoms with van der Waals surface area (Å²) in [6, 6.07) is 8.33. The molecule has 1 aromatic heterocycles. The van der Waals surface area contributed by atoms with Gasteiger partial charge >= 0.3 is 6.03 Å². The first-order valence-electron chi connectivity index (χ1n) is 27.0. The predicted octanol–water partition coefficient (Wildman–Crippen LogP) is 1.42. The van der Waals surface area contributed by atoms with E-state index >= 15 is 0 Å². The molecule has 0 unspecified atom stereocenters. The zero-order chi connectivity index (χ0) is 58.6. The van der Waals surface area contributed by atoms with Crippen LogP contribution < -0.4 is 65.5 Å². The number of hydrogen-bond donors (Lipinski definition) is 14. The van der Waals surface area contributed by atoms with Gasteiger partial charge in [-0.05, 0) is 98.5 Å². The van der Waals surface area contributed by atoms with Crippen LogP contribution in [-0.4, -0.2) is 136 Å². The lowest BCUT2D eigenvalue weighted by Crippen LogP contribution is -2.62. The number of halogens is 1. The lowest BCUT2D eigenvalue weighted by atomic mass is 9.84. The number of anilines is 1. The molecule has 10 amide bonds. The standard InChI is InChI=1S/C55H74ClN13O10S2/c1-30(70)46-54(78)68-45(52(76)64-41(47(59)71)24-31-9-3-2-4-10-31)29-81-80-28-44(67-48(72)38(58)23-32-14-18-35(56)19-15-32)53(77)65-42(25-33-16-20-36(21-17-33)62-55(60)79)50(74)66-43(26-34-27-61-39-12-6-5-11-37(34)39)51(75)63-40(49(73)69-46)13-7-8-22-57/h5-6,11-12,14-21,27,30-31,38,40-46,61,70H,2-4,7-10,13,22-26,28-29,57-58H2,1H3,(H2,59,71)(H,63,75)(H,64,76)(H,65,77)(H,66,74)(H,67,72)(H,68,78)(H,69,73)(H3,60,62,79)/t30-,38-,40+,41+,42+,43-,44-,45+,46+/m1/s1. The monoisotopic (exact) mass is 1180 g/mol. The molecule has 1 saturated carbocycles. The Balaban J connectivity index is 1.40. The summed E-state index contributed by atoms with van der Waals surface area (Å²) in [6.45, 7) is 1.50. The van der Waals surface area contributed by atoms with Crippen molar-refractivity contribution in [3.05, 3.63) is 101 Å². The fraction of sp³-hybridized carbons (Fsp3) is 0.473. The van der Waals surface area contributed by atoms with Crippen molar-refractivity contribution < 1.29 is 48.3 Å². The van der Waals surface area contributed by atoms with Crippen LogP contribution in [0.25, 0.3) is 10.9 Å². The van der Waals surface area contributed by atoms with Crippen molar-refractivity contribution in [3.8, 4) is 0 Å². The van der Waals surface area contributed by atoms with Crippen LogP contribution in [0.4, 0.5) is 10.5 Å². The largest absolute Gasteiger partial charge is 0.391 e. The van der Waals surface area contributed by atoms with Gasteiger partial charge in [0.25, 0.3) is 0 Å². The Labute approximate surface area is 482 Å². The maximum atomic E-state index is 15.0. The first-order valence-corrected chi connectivity index (χ1v) is 29.9. The molecule has 81 heavy (non-hydrogen) atoms. The van der Waals surface area contributed by atoms with Crippen LogP contribution in [0.15, 0.2) is 79.0 Å². The first-order chi connectivity index (χ1) is 38.8. The molecule has 0 spiro atoms. The predicted molar refractivity (Wildman–Crippen MR) is 312 cm³/mol. The summed E-state index contributed by atoms with van der Waals surface area (Å²) < 4.78 is 0. The Morgan fingerprint density at radius 1 is 0.741 bits per heavy atom. The molecular weight excluding hydrogens is 1100 g/mol. The molecule has 4 aromatic rings. The lowest BCUT2D eigenvalue weighted by Gasteiger charge is -2.29. The number of urea groups is 1. The van der Waals surface area contributed by atoms with Crippen LogP contribution in [0.1, 0.15) is 81.4 Å². The van der Waals surface area contributed by atoms with E-state index in [0.29, 0.717) is 40.2 Å². The number of H-pyrrole nitrogens is 1. The van der Waals surface area contributed by atoms with E-state index in [2.05, 4.69) is 47.5 Å². The number of aromatic nitrogens is 1.